The van der Waals surface area contributed by atoms with Crippen LogP contribution in [0.1, 0.15) is 35.0 Å². The van der Waals surface area contributed by atoms with Gasteiger partial charge in [0.2, 0.25) is 6.79 Å². The monoisotopic (exact) mass is 424 g/mol. The quantitative estimate of drug-likeness (QED) is 0.501. The number of ether oxygens (including phenoxy) is 3. The summed E-state index contributed by atoms with van der Waals surface area (Å²) < 4.78 is 18.0. The van der Waals surface area contributed by atoms with Crippen LogP contribution >= 0.6 is 11.6 Å². The highest BCUT2D eigenvalue weighted by atomic mass is 35.5. The molecule has 1 unspecified atom stereocenters. The Kier molecular flexibility index (Phi) is 6.05. The van der Waals surface area contributed by atoms with Crippen LogP contribution in [0.5, 0.6) is 11.5 Å². The molecule has 2 aromatic carbocycles. The summed E-state index contributed by atoms with van der Waals surface area (Å²) in [6, 6.07) is 13.5. The Labute approximate surface area is 179 Å². The van der Waals surface area contributed by atoms with Crippen LogP contribution in [0, 0.1) is 0 Å². The first-order chi connectivity index (χ1) is 14.6. The van der Waals surface area contributed by atoms with Gasteiger partial charge >= 0.3 is 5.97 Å². The van der Waals surface area contributed by atoms with Crippen LogP contribution in [0.3, 0.4) is 0 Å². The van der Waals surface area contributed by atoms with Crippen molar-refractivity contribution >= 4 is 23.6 Å². The number of esters is 1. The van der Waals surface area contributed by atoms with E-state index in [0.717, 1.165) is 11.1 Å². The van der Waals surface area contributed by atoms with Crippen molar-refractivity contribution in [2.45, 2.75) is 26.0 Å². The van der Waals surface area contributed by atoms with Gasteiger partial charge in [0.25, 0.3) is 0 Å². The van der Waals surface area contributed by atoms with Crippen LogP contribution in [-0.2, 0) is 11.3 Å². The number of aromatic nitrogens is 2. The first-order valence-electron chi connectivity index (χ1n) is 9.61. The molecule has 1 aromatic heterocycles. The van der Waals surface area contributed by atoms with E-state index in [4.69, 9.17) is 25.8 Å². The highest BCUT2D eigenvalue weighted by molar-refractivity contribution is 6.31. The lowest BCUT2D eigenvalue weighted by molar-refractivity contribution is 0.0336. The molecule has 0 saturated carbocycles. The Balaban J connectivity index is 1.39. The molecule has 0 N–H and O–H groups in total. The molecule has 2 heterocycles. The summed E-state index contributed by atoms with van der Waals surface area (Å²) in [5.74, 6) is 0.828. The van der Waals surface area contributed by atoms with E-state index in [0.29, 0.717) is 35.2 Å². The first kappa shape index (κ1) is 20.0. The van der Waals surface area contributed by atoms with Crippen LogP contribution in [0.15, 0.2) is 61.1 Å². The smallest absolute Gasteiger partial charge is 0.356 e. The third kappa shape index (κ3) is 4.66. The lowest BCUT2D eigenvalue weighted by atomic mass is 10.2. The topological polar surface area (TPSA) is 62.6 Å². The Morgan fingerprint density at radius 3 is 2.83 bits per heavy atom. The number of carbonyl (C=O) groups excluding carboxylic acids is 1. The second-order valence-corrected chi connectivity index (χ2v) is 7.38. The predicted molar refractivity (Wildman–Crippen MR) is 114 cm³/mol. The molecule has 1 aliphatic rings. The molecule has 1 aliphatic heterocycles. The molecule has 0 aliphatic carbocycles. The molecule has 4 rings (SSSR count). The van der Waals surface area contributed by atoms with E-state index < -0.39 is 5.97 Å². The minimum atomic E-state index is -0.426. The van der Waals surface area contributed by atoms with Gasteiger partial charge < -0.3 is 18.8 Å². The molecule has 30 heavy (non-hydrogen) atoms. The fourth-order valence-corrected chi connectivity index (χ4v) is 3.35. The molecule has 1 atom stereocenters. The Morgan fingerprint density at radius 2 is 2.03 bits per heavy atom. The van der Waals surface area contributed by atoms with Gasteiger partial charge in [-0.05, 0) is 24.1 Å². The van der Waals surface area contributed by atoms with Crippen molar-refractivity contribution in [3.8, 4) is 11.5 Å². The van der Waals surface area contributed by atoms with Gasteiger partial charge in [0, 0.05) is 17.5 Å². The number of hydrogen-bond donors (Lipinski definition) is 0. The zero-order valence-electron chi connectivity index (χ0n) is 16.5. The van der Waals surface area contributed by atoms with E-state index in [1.54, 1.807) is 17.0 Å². The minimum absolute atomic E-state index is 0.175. The molecule has 7 heteroatoms. The number of benzene rings is 2. The summed E-state index contributed by atoms with van der Waals surface area (Å²) in [4.78, 5) is 16.7. The average molecular weight is 425 g/mol. The minimum Gasteiger partial charge on any atom is -0.458 e. The summed E-state index contributed by atoms with van der Waals surface area (Å²) >= 11 is 6.36. The third-order valence-electron chi connectivity index (χ3n) is 4.69. The van der Waals surface area contributed by atoms with E-state index in [1.807, 2.05) is 55.5 Å². The van der Waals surface area contributed by atoms with Crippen molar-refractivity contribution in [3.63, 3.8) is 0 Å². The number of halogens is 1. The number of nitrogens with zero attached hydrogens (tertiary/aromatic N) is 2. The first-order valence-corrected chi connectivity index (χ1v) is 9.98. The van der Waals surface area contributed by atoms with E-state index in [-0.39, 0.29) is 12.9 Å². The molecule has 0 radical (unpaired) electrons. The van der Waals surface area contributed by atoms with Crippen molar-refractivity contribution in [2.24, 2.45) is 0 Å². The molecule has 0 fully saturated rings. The van der Waals surface area contributed by atoms with Gasteiger partial charge in [0.05, 0.1) is 19.1 Å². The molecule has 0 amide bonds. The predicted octanol–water partition coefficient (Wildman–Crippen LogP) is 4.96. The summed E-state index contributed by atoms with van der Waals surface area (Å²) in [6.45, 7) is 2.40. The van der Waals surface area contributed by atoms with E-state index in [1.165, 1.54) is 6.20 Å². The molecular weight excluding hydrogens is 404 g/mol. The Morgan fingerprint density at radius 1 is 1.27 bits per heavy atom. The molecule has 0 saturated heterocycles. The van der Waals surface area contributed by atoms with E-state index >= 15 is 0 Å². The van der Waals surface area contributed by atoms with Gasteiger partial charge in [0.1, 0.15) is 11.8 Å². The van der Waals surface area contributed by atoms with Gasteiger partial charge in [-0.15, -0.1) is 0 Å². The zero-order valence-corrected chi connectivity index (χ0v) is 17.2. The van der Waals surface area contributed by atoms with Crippen LogP contribution in [0.2, 0.25) is 5.02 Å². The average Bonchev–Trinajstić information content (AvgIpc) is 3.38. The van der Waals surface area contributed by atoms with Crippen molar-refractivity contribution in [1.82, 2.24) is 9.55 Å². The van der Waals surface area contributed by atoms with Crippen molar-refractivity contribution in [3.05, 3.63) is 82.9 Å². The maximum Gasteiger partial charge on any atom is 0.356 e. The van der Waals surface area contributed by atoms with Crippen molar-refractivity contribution < 1.29 is 19.0 Å². The summed E-state index contributed by atoms with van der Waals surface area (Å²) in [7, 11) is 0. The second kappa shape index (κ2) is 9.05. The van der Waals surface area contributed by atoms with Gasteiger partial charge in [-0.2, -0.15) is 0 Å². The van der Waals surface area contributed by atoms with Crippen molar-refractivity contribution in [2.75, 3.05) is 6.79 Å². The van der Waals surface area contributed by atoms with Gasteiger partial charge in [-0.3, -0.25) is 0 Å². The van der Waals surface area contributed by atoms with Gasteiger partial charge in [-0.25, -0.2) is 9.78 Å². The SMILES string of the molecule is CC(CC=Cc1ccccc1)OC(=O)c1cncn1Cc1cc2c(cc1Cl)OCO2. The maximum atomic E-state index is 12.6. The maximum absolute atomic E-state index is 12.6. The van der Waals surface area contributed by atoms with Crippen LogP contribution in [0.25, 0.3) is 6.08 Å². The Hall–Kier alpha value is -3.25. The largest absolute Gasteiger partial charge is 0.458 e. The number of fused-ring (bicyclic) bond motifs is 1. The third-order valence-corrected chi connectivity index (χ3v) is 5.04. The zero-order chi connectivity index (χ0) is 20.9. The second-order valence-electron chi connectivity index (χ2n) is 6.97. The molecule has 3 aromatic rings. The lowest BCUT2D eigenvalue weighted by Crippen LogP contribution is -2.18. The van der Waals surface area contributed by atoms with Gasteiger partial charge in [0.15, 0.2) is 11.5 Å². The Bertz CT molecular complexity index is 1060. The molecular formula is C23H21ClN2O4. The van der Waals surface area contributed by atoms with E-state index in [9.17, 15) is 4.79 Å². The van der Waals surface area contributed by atoms with E-state index in [2.05, 4.69) is 4.98 Å². The lowest BCUT2D eigenvalue weighted by Gasteiger charge is -2.13. The summed E-state index contributed by atoms with van der Waals surface area (Å²) in [5, 5.41) is 0.534. The summed E-state index contributed by atoms with van der Waals surface area (Å²) in [5.41, 5.74) is 2.27. The van der Waals surface area contributed by atoms with Crippen LogP contribution in [-0.4, -0.2) is 28.4 Å². The normalized spacial score (nSPS) is 13.5. The molecule has 0 bridgehead atoms. The number of carbonyl (C=O) groups is 1. The number of imidazole rings is 1. The van der Waals surface area contributed by atoms with Crippen LogP contribution < -0.4 is 9.47 Å². The number of hydrogen-bond acceptors (Lipinski definition) is 5. The standard InChI is InChI=1S/C23H21ClN2O4/c1-16(6-5-9-17-7-3-2-4-8-17)30-23(27)20-12-25-14-26(20)13-18-10-21-22(11-19(18)24)29-15-28-21/h2-5,7-12,14,16H,6,13,15H2,1H3. The number of rotatable bonds is 7. The molecule has 154 valence electrons. The van der Waals surface area contributed by atoms with Crippen molar-refractivity contribution in [1.29, 1.82) is 0 Å². The molecule has 6 nitrogen and oxygen atoms in total. The molecule has 0 spiro atoms. The fraction of sp³-hybridized carbons (Fsp3) is 0.217. The fourth-order valence-electron chi connectivity index (χ4n) is 3.13. The summed E-state index contributed by atoms with van der Waals surface area (Å²) in [6.07, 6.45) is 7.43. The highest BCUT2D eigenvalue weighted by Crippen LogP contribution is 2.37. The highest BCUT2D eigenvalue weighted by Gasteiger charge is 2.20. The van der Waals surface area contributed by atoms with Gasteiger partial charge in [-0.1, -0.05) is 54.1 Å². The van der Waals surface area contributed by atoms with Crippen LogP contribution in [0.4, 0.5) is 0 Å².